The fourth-order valence-electron chi connectivity index (χ4n) is 5.04. The second-order valence-electron chi connectivity index (χ2n) is 9.31. The molecule has 0 radical (unpaired) electrons. The standard InChI is InChI=1S/C28H28FN5O3S/c1-4-17-8-6-9-18(5-2)23(17)34-24(26-31-16(3)15-38-26)32-25(35)21(28(34)37)27(36)33-13-11-19(14-33)22-20(29)10-7-12-30-22/h6-10,12,15,19,37H,4-5,11,13-14H2,1-3H3. The number of para-hydroxylation sites is 1. The van der Waals surface area contributed by atoms with Gasteiger partial charge in [0.2, 0.25) is 5.88 Å². The van der Waals surface area contributed by atoms with Gasteiger partial charge in [-0.05, 0) is 49.4 Å². The van der Waals surface area contributed by atoms with Crippen LogP contribution < -0.4 is 5.56 Å². The van der Waals surface area contributed by atoms with Crippen molar-refractivity contribution in [3.8, 4) is 22.4 Å². The Morgan fingerprint density at radius 2 is 1.89 bits per heavy atom. The molecule has 1 fully saturated rings. The zero-order valence-electron chi connectivity index (χ0n) is 21.4. The lowest BCUT2D eigenvalue weighted by atomic mass is 10.0. The van der Waals surface area contributed by atoms with Crippen LogP contribution in [0.1, 0.15) is 59.1 Å². The van der Waals surface area contributed by atoms with Crippen molar-refractivity contribution in [3.05, 3.63) is 86.2 Å². The lowest BCUT2D eigenvalue weighted by Crippen LogP contribution is -2.34. The number of benzene rings is 1. The molecule has 0 saturated carbocycles. The fourth-order valence-corrected chi connectivity index (χ4v) is 5.81. The van der Waals surface area contributed by atoms with Gasteiger partial charge in [-0.2, -0.15) is 4.98 Å². The van der Waals surface area contributed by atoms with Crippen LogP contribution in [-0.4, -0.2) is 48.5 Å². The predicted molar refractivity (Wildman–Crippen MR) is 144 cm³/mol. The number of hydrogen-bond acceptors (Lipinski definition) is 7. The summed E-state index contributed by atoms with van der Waals surface area (Å²) in [4.78, 5) is 41.4. The number of rotatable bonds is 6. The Kier molecular flexibility index (Phi) is 7.07. The van der Waals surface area contributed by atoms with E-state index in [1.165, 1.54) is 39.1 Å². The third-order valence-electron chi connectivity index (χ3n) is 6.93. The van der Waals surface area contributed by atoms with Crippen LogP contribution in [0.3, 0.4) is 0 Å². The SMILES string of the molecule is CCc1cccc(CC)c1-n1c(-c2nc(C)cs2)nc(=O)c(C(=O)N2CCC(c3ncccc3F)C2)c1O. The Bertz CT molecular complexity index is 1560. The van der Waals surface area contributed by atoms with Crippen molar-refractivity contribution in [3.63, 3.8) is 0 Å². The van der Waals surface area contributed by atoms with Gasteiger partial charge in [0.1, 0.15) is 5.82 Å². The number of aromatic nitrogens is 4. The topological polar surface area (TPSA) is 101 Å². The Labute approximate surface area is 223 Å². The van der Waals surface area contributed by atoms with Gasteiger partial charge in [-0.25, -0.2) is 9.37 Å². The summed E-state index contributed by atoms with van der Waals surface area (Å²) in [6, 6.07) is 8.73. The molecule has 1 aliphatic heterocycles. The van der Waals surface area contributed by atoms with Crippen LogP contribution in [0.15, 0.2) is 46.7 Å². The lowest BCUT2D eigenvalue weighted by molar-refractivity contribution is 0.0784. The van der Waals surface area contributed by atoms with E-state index in [0.29, 0.717) is 42.2 Å². The molecule has 1 saturated heterocycles. The van der Waals surface area contributed by atoms with Crippen molar-refractivity contribution in [1.29, 1.82) is 0 Å². The molecule has 0 aliphatic carbocycles. The van der Waals surface area contributed by atoms with Gasteiger partial charge in [-0.1, -0.05) is 32.0 Å². The first kappa shape index (κ1) is 25.7. The summed E-state index contributed by atoms with van der Waals surface area (Å²) in [5.41, 5.74) is 2.38. The van der Waals surface area contributed by atoms with Gasteiger partial charge in [0.15, 0.2) is 16.4 Å². The predicted octanol–water partition coefficient (Wildman–Crippen LogP) is 4.66. The molecule has 0 bridgehead atoms. The second-order valence-corrected chi connectivity index (χ2v) is 10.2. The van der Waals surface area contributed by atoms with E-state index in [9.17, 15) is 19.1 Å². The van der Waals surface area contributed by atoms with Crippen molar-refractivity contribution in [2.45, 2.75) is 46.0 Å². The summed E-state index contributed by atoms with van der Waals surface area (Å²) in [6.07, 6.45) is 3.35. The molecule has 8 nitrogen and oxygen atoms in total. The van der Waals surface area contributed by atoms with E-state index in [2.05, 4.69) is 15.0 Å². The van der Waals surface area contributed by atoms with Gasteiger partial charge in [-0.3, -0.25) is 19.1 Å². The minimum absolute atomic E-state index is 0.185. The number of pyridine rings is 1. The summed E-state index contributed by atoms with van der Waals surface area (Å²) < 4.78 is 15.8. The van der Waals surface area contributed by atoms with Crippen LogP contribution >= 0.6 is 11.3 Å². The average Bonchev–Trinajstić information content (AvgIpc) is 3.58. The third kappa shape index (κ3) is 4.49. The molecular weight excluding hydrogens is 505 g/mol. The molecule has 196 valence electrons. The molecule has 1 aromatic carbocycles. The molecule has 0 spiro atoms. The molecule has 3 aromatic heterocycles. The number of aromatic hydroxyl groups is 1. The molecule has 1 unspecified atom stereocenters. The van der Waals surface area contributed by atoms with Crippen LogP contribution in [0.4, 0.5) is 4.39 Å². The van der Waals surface area contributed by atoms with Crippen LogP contribution in [0.25, 0.3) is 16.5 Å². The first-order chi connectivity index (χ1) is 18.3. The Balaban J connectivity index is 1.65. The smallest absolute Gasteiger partial charge is 0.290 e. The Morgan fingerprint density at radius 3 is 2.53 bits per heavy atom. The molecule has 38 heavy (non-hydrogen) atoms. The molecule has 1 atom stereocenters. The van der Waals surface area contributed by atoms with Crippen molar-refractivity contribution >= 4 is 17.2 Å². The molecular formula is C28H28FN5O3S. The minimum atomic E-state index is -0.828. The highest BCUT2D eigenvalue weighted by Gasteiger charge is 2.35. The first-order valence-corrected chi connectivity index (χ1v) is 13.5. The summed E-state index contributed by atoms with van der Waals surface area (Å²) in [7, 11) is 0. The monoisotopic (exact) mass is 533 g/mol. The number of thiazole rings is 1. The summed E-state index contributed by atoms with van der Waals surface area (Å²) in [5.74, 6) is -1.65. The van der Waals surface area contributed by atoms with Gasteiger partial charge in [0.05, 0.1) is 11.4 Å². The molecule has 1 N–H and O–H groups in total. The number of halogens is 1. The van der Waals surface area contributed by atoms with Gasteiger partial charge in [-0.15, -0.1) is 11.3 Å². The van der Waals surface area contributed by atoms with E-state index in [4.69, 9.17) is 0 Å². The van der Waals surface area contributed by atoms with Crippen LogP contribution in [0.5, 0.6) is 5.88 Å². The van der Waals surface area contributed by atoms with Gasteiger partial charge in [0, 0.05) is 36.3 Å². The van der Waals surface area contributed by atoms with E-state index in [-0.39, 0.29) is 18.3 Å². The number of hydrogen-bond donors (Lipinski definition) is 1. The second kappa shape index (κ2) is 10.4. The van der Waals surface area contributed by atoms with E-state index in [1.54, 1.807) is 0 Å². The summed E-state index contributed by atoms with van der Waals surface area (Å²) in [5, 5.41) is 14.0. The Morgan fingerprint density at radius 1 is 1.16 bits per heavy atom. The van der Waals surface area contributed by atoms with Gasteiger partial charge in [0.25, 0.3) is 11.5 Å². The highest BCUT2D eigenvalue weighted by molar-refractivity contribution is 7.13. The van der Waals surface area contributed by atoms with Gasteiger partial charge < -0.3 is 10.0 Å². The highest BCUT2D eigenvalue weighted by atomic mass is 32.1. The maximum Gasteiger partial charge on any atom is 0.290 e. The van der Waals surface area contributed by atoms with Crippen molar-refractivity contribution in [1.82, 2.24) is 24.4 Å². The molecule has 10 heteroatoms. The molecule has 5 rings (SSSR count). The normalized spacial score (nSPS) is 15.3. The fraction of sp³-hybridized carbons (Fsp3) is 0.321. The largest absolute Gasteiger partial charge is 0.493 e. The molecule has 4 heterocycles. The zero-order valence-corrected chi connectivity index (χ0v) is 22.3. The zero-order chi connectivity index (χ0) is 27.0. The molecule has 1 aliphatic rings. The van der Waals surface area contributed by atoms with E-state index >= 15 is 0 Å². The summed E-state index contributed by atoms with van der Waals surface area (Å²) >= 11 is 1.31. The maximum absolute atomic E-state index is 14.3. The summed E-state index contributed by atoms with van der Waals surface area (Å²) in [6.45, 7) is 6.34. The van der Waals surface area contributed by atoms with E-state index < -0.39 is 28.7 Å². The average molecular weight is 534 g/mol. The van der Waals surface area contributed by atoms with Crippen LogP contribution in [0, 0.1) is 12.7 Å². The van der Waals surface area contributed by atoms with Crippen LogP contribution in [0.2, 0.25) is 0 Å². The quantitative estimate of drug-likeness (QED) is 0.387. The number of carbonyl (C=O) groups excluding carboxylic acids is 1. The van der Waals surface area contributed by atoms with E-state index in [0.717, 1.165) is 16.8 Å². The number of likely N-dealkylation sites (tertiary alicyclic amines) is 1. The third-order valence-corrected chi connectivity index (χ3v) is 7.89. The molecule has 4 aromatic rings. The van der Waals surface area contributed by atoms with E-state index in [1.807, 2.05) is 44.4 Å². The number of carbonyl (C=O) groups is 1. The van der Waals surface area contributed by atoms with Crippen molar-refractivity contribution in [2.75, 3.05) is 13.1 Å². The highest BCUT2D eigenvalue weighted by Crippen LogP contribution is 2.35. The number of aryl methyl sites for hydroxylation is 3. The maximum atomic E-state index is 14.3. The Hall–Kier alpha value is -3.92. The first-order valence-electron chi connectivity index (χ1n) is 12.6. The van der Waals surface area contributed by atoms with Crippen LogP contribution in [-0.2, 0) is 12.8 Å². The number of nitrogens with zero attached hydrogens (tertiary/aromatic N) is 5. The minimum Gasteiger partial charge on any atom is -0.493 e. The van der Waals surface area contributed by atoms with Crippen molar-refractivity contribution < 1.29 is 14.3 Å². The molecule has 1 amide bonds. The van der Waals surface area contributed by atoms with Gasteiger partial charge >= 0.3 is 0 Å². The lowest BCUT2D eigenvalue weighted by Gasteiger charge is -2.22. The number of amides is 1. The van der Waals surface area contributed by atoms with Crippen molar-refractivity contribution in [2.24, 2.45) is 0 Å².